The standard InChI is InChI=1S/C25H22N2O6S2/c1-16-13-25(33-26-16)27-35(29,30)19-9-6-17(7-10-19)21(28)11-8-18-14-20(24-5-4-12-34-24)23(32-3)15-22(18)31-2/h4-15,27H,1-3H3/b11-8+. The number of thiophene rings is 1. The third-order valence-corrected chi connectivity index (χ3v) is 7.33. The number of aromatic nitrogens is 1. The summed E-state index contributed by atoms with van der Waals surface area (Å²) < 4.78 is 43.3. The van der Waals surface area contributed by atoms with Crippen LogP contribution in [0.15, 0.2) is 75.5 Å². The van der Waals surface area contributed by atoms with Crippen molar-refractivity contribution in [3.63, 3.8) is 0 Å². The molecule has 0 bridgehead atoms. The molecular weight excluding hydrogens is 488 g/mol. The summed E-state index contributed by atoms with van der Waals surface area (Å²) in [5.74, 6) is 0.948. The molecule has 0 saturated carbocycles. The monoisotopic (exact) mass is 510 g/mol. The van der Waals surface area contributed by atoms with Gasteiger partial charge in [-0.25, -0.2) is 13.1 Å². The van der Waals surface area contributed by atoms with Crippen LogP contribution in [0.5, 0.6) is 11.5 Å². The quantitative estimate of drug-likeness (QED) is 0.236. The molecule has 2 aromatic carbocycles. The molecular formula is C25H22N2O6S2. The molecule has 0 radical (unpaired) electrons. The predicted octanol–water partition coefficient (Wildman–Crippen LogP) is 5.43. The zero-order valence-corrected chi connectivity index (χ0v) is 20.8. The molecule has 0 spiro atoms. The largest absolute Gasteiger partial charge is 0.496 e. The Labute approximate surface area is 206 Å². The molecule has 0 aliphatic rings. The first-order valence-corrected chi connectivity index (χ1v) is 12.8. The van der Waals surface area contributed by atoms with E-state index in [2.05, 4.69) is 9.88 Å². The number of hydrogen-bond acceptors (Lipinski definition) is 8. The van der Waals surface area contributed by atoms with Gasteiger partial charge in [-0.15, -0.1) is 11.3 Å². The van der Waals surface area contributed by atoms with Crippen LogP contribution in [0.1, 0.15) is 21.6 Å². The average Bonchev–Trinajstić information content (AvgIpc) is 3.53. The number of carbonyl (C=O) groups excluding carboxylic acids is 1. The number of sulfonamides is 1. The maximum absolute atomic E-state index is 12.8. The second-order valence-electron chi connectivity index (χ2n) is 7.43. The van der Waals surface area contributed by atoms with Crippen LogP contribution in [-0.4, -0.2) is 33.6 Å². The zero-order valence-electron chi connectivity index (χ0n) is 19.1. The Bertz CT molecular complexity index is 1470. The molecule has 4 aromatic rings. The summed E-state index contributed by atoms with van der Waals surface area (Å²) in [6, 6.07) is 14.7. The highest BCUT2D eigenvalue weighted by Gasteiger charge is 2.17. The van der Waals surface area contributed by atoms with Crippen LogP contribution in [0.4, 0.5) is 5.88 Å². The molecule has 0 saturated heterocycles. The summed E-state index contributed by atoms with van der Waals surface area (Å²) >= 11 is 1.58. The maximum atomic E-state index is 12.8. The van der Waals surface area contributed by atoms with Crippen molar-refractivity contribution >= 4 is 39.1 Å². The highest BCUT2D eigenvalue weighted by Crippen LogP contribution is 2.38. The van der Waals surface area contributed by atoms with Gasteiger partial charge in [0.1, 0.15) is 11.5 Å². The Morgan fingerprint density at radius 1 is 1.06 bits per heavy atom. The molecule has 2 aromatic heterocycles. The second kappa shape index (κ2) is 10.2. The van der Waals surface area contributed by atoms with Crippen molar-refractivity contribution in [1.29, 1.82) is 0 Å². The number of methoxy groups -OCH3 is 2. The summed E-state index contributed by atoms with van der Waals surface area (Å²) in [4.78, 5) is 13.8. The van der Waals surface area contributed by atoms with Crippen molar-refractivity contribution in [2.45, 2.75) is 11.8 Å². The molecule has 0 aliphatic carbocycles. The van der Waals surface area contributed by atoms with E-state index in [4.69, 9.17) is 14.0 Å². The second-order valence-corrected chi connectivity index (χ2v) is 10.1. The van der Waals surface area contributed by atoms with Gasteiger partial charge in [-0.05, 0) is 60.9 Å². The number of anilines is 1. The number of nitrogens with one attached hydrogen (secondary N) is 1. The van der Waals surface area contributed by atoms with Crippen LogP contribution in [0.3, 0.4) is 0 Å². The molecule has 10 heteroatoms. The van der Waals surface area contributed by atoms with Gasteiger partial charge in [-0.2, -0.15) is 0 Å². The van der Waals surface area contributed by atoms with Crippen molar-refractivity contribution in [2.75, 3.05) is 18.9 Å². The molecule has 35 heavy (non-hydrogen) atoms. The molecule has 1 N–H and O–H groups in total. The SMILES string of the molecule is COc1cc(OC)c(-c2cccs2)cc1/C=C/C(=O)c1ccc(S(=O)(=O)Nc2cc(C)no2)cc1. The summed E-state index contributed by atoms with van der Waals surface area (Å²) in [6.45, 7) is 1.68. The normalized spacial score (nSPS) is 11.5. The fourth-order valence-electron chi connectivity index (χ4n) is 3.34. The van der Waals surface area contributed by atoms with Gasteiger partial charge in [0, 0.05) is 33.7 Å². The lowest BCUT2D eigenvalue weighted by atomic mass is 10.0. The van der Waals surface area contributed by atoms with E-state index >= 15 is 0 Å². The molecule has 0 aliphatic heterocycles. The lowest BCUT2D eigenvalue weighted by Gasteiger charge is -2.12. The fraction of sp³-hybridized carbons (Fsp3) is 0.120. The van der Waals surface area contributed by atoms with Crippen molar-refractivity contribution in [1.82, 2.24) is 5.16 Å². The Morgan fingerprint density at radius 3 is 2.40 bits per heavy atom. The highest BCUT2D eigenvalue weighted by molar-refractivity contribution is 7.92. The van der Waals surface area contributed by atoms with Crippen molar-refractivity contribution in [3.8, 4) is 21.9 Å². The summed E-state index contributed by atoms with van der Waals surface area (Å²) in [6.07, 6.45) is 3.08. The first-order valence-electron chi connectivity index (χ1n) is 10.4. The van der Waals surface area contributed by atoms with Gasteiger partial charge >= 0.3 is 0 Å². The van der Waals surface area contributed by atoms with E-state index in [1.54, 1.807) is 44.6 Å². The number of allylic oxidation sites excluding steroid dienone is 1. The van der Waals surface area contributed by atoms with Crippen LogP contribution in [0.2, 0.25) is 0 Å². The minimum absolute atomic E-state index is 0.00973. The number of hydrogen-bond donors (Lipinski definition) is 1. The van der Waals surface area contributed by atoms with E-state index < -0.39 is 10.0 Å². The molecule has 2 heterocycles. The number of ketones is 1. The number of aryl methyl sites for hydroxylation is 1. The fourth-order valence-corrected chi connectivity index (χ4v) is 5.06. The molecule has 0 atom stereocenters. The van der Waals surface area contributed by atoms with E-state index in [1.165, 1.54) is 36.4 Å². The van der Waals surface area contributed by atoms with Gasteiger partial charge in [0.05, 0.1) is 24.8 Å². The van der Waals surface area contributed by atoms with E-state index in [-0.39, 0.29) is 16.6 Å². The minimum atomic E-state index is -3.88. The summed E-state index contributed by atoms with van der Waals surface area (Å²) in [5.41, 5.74) is 2.48. The third-order valence-electron chi connectivity index (χ3n) is 5.06. The van der Waals surface area contributed by atoms with E-state index in [9.17, 15) is 13.2 Å². The maximum Gasteiger partial charge on any atom is 0.264 e. The van der Waals surface area contributed by atoms with Crippen molar-refractivity contribution in [3.05, 3.63) is 82.9 Å². The lowest BCUT2D eigenvalue weighted by Crippen LogP contribution is -2.12. The first-order chi connectivity index (χ1) is 16.8. The zero-order chi connectivity index (χ0) is 25.0. The number of rotatable bonds is 9. The number of ether oxygens (including phenoxy) is 2. The van der Waals surface area contributed by atoms with E-state index in [1.807, 2.05) is 23.6 Å². The van der Waals surface area contributed by atoms with Gasteiger partial charge in [0.15, 0.2) is 5.78 Å². The van der Waals surface area contributed by atoms with Gasteiger partial charge < -0.3 is 14.0 Å². The van der Waals surface area contributed by atoms with Gasteiger partial charge in [0.2, 0.25) is 5.88 Å². The van der Waals surface area contributed by atoms with Gasteiger partial charge in [-0.1, -0.05) is 11.2 Å². The molecule has 0 unspecified atom stereocenters. The van der Waals surface area contributed by atoms with Crippen molar-refractivity contribution < 1.29 is 27.2 Å². The smallest absolute Gasteiger partial charge is 0.264 e. The molecule has 0 amide bonds. The van der Waals surface area contributed by atoms with E-state index in [0.717, 1.165) is 10.4 Å². The lowest BCUT2D eigenvalue weighted by molar-refractivity contribution is 0.104. The molecule has 180 valence electrons. The number of carbonyl (C=O) groups is 1. The molecule has 4 rings (SSSR count). The van der Waals surface area contributed by atoms with Crippen molar-refractivity contribution in [2.24, 2.45) is 0 Å². The average molecular weight is 511 g/mol. The van der Waals surface area contributed by atoms with Crippen LogP contribution in [-0.2, 0) is 10.0 Å². The first kappa shape index (κ1) is 24.2. The third kappa shape index (κ3) is 5.44. The van der Waals surface area contributed by atoms with Gasteiger partial charge in [0.25, 0.3) is 10.0 Å². The topological polar surface area (TPSA) is 108 Å². The van der Waals surface area contributed by atoms with Crippen LogP contribution in [0, 0.1) is 6.92 Å². The molecule has 8 nitrogen and oxygen atoms in total. The highest BCUT2D eigenvalue weighted by atomic mass is 32.2. The predicted molar refractivity (Wildman–Crippen MR) is 135 cm³/mol. The Kier molecular flexibility index (Phi) is 7.04. The van der Waals surface area contributed by atoms with E-state index in [0.29, 0.717) is 28.3 Å². The summed E-state index contributed by atoms with van der Waals surface area (Å²) in [5, 5.41) is 5.63. The number of nitrogens with zero attached hydrogens (tertiary/aromatic N) is 1. The van der Waals surface area contributed by atoms with Gasteiger partial charge in [-0.3, -0.25) is 4.79 Å². The number of benzene rings is 2. The summed E-state index contributed by atoms with van der Waals surface area (Å²) in [7, 11) is -0.738. The minimum Gasteiger partial charge on any atom is -0.496 e. The molecule has 0 fully saturated rings. The Hall–Kier alpha value is -3.89. The van der Waals surface area contributed by atoms with Crippen LogP contribution in [0.25, 0.3) is 16.5 Å². The Balaban J connectivity index is 1.55. The van der Waals surface area contributed by atoms with Crippen LogP contribution >= 0.6 is 11.3 Å². The Morgan fingerprint density at radius 2 is 1.80 bits per heavy atom. The van der Waals surface area contributed by atoms with Crippen LogP contribution < -0.4 is 14.2 Å².